The maximum Gasteiger partial charge on any atom is 0.232 e. The zero-order chi connectivity index (χ0) is 8.69. The molecule has 1 atom stereocenters. The largest absolute Gasteiger partial charge is 0.352 e. The first-order valence-corrected chi connectivity index (χ1v) is 3.37. The highest BCUT2D eigenvalue weighted by atomic mass is 16.1. The fraction of sp³-hybridized carbons (Fsp3) is 0.444. The van der Waals surface area contributed by atoms with Crippen LogP contribution in [0, 0.1) is 24.7 Å². The van der Waals surface area contributed by atoms with Crippen LogP contribution in [0.4, 0.5) is 0 Å². The summed E-state index contributed by atoms with van der Waals surface area (Å²) in [4.78, 5) is 10.8. The van der Waals surface area contributed by atoms with E-state index in [0.29, 0.717) is 6.42 Å². The molecule has 0 aliphatic heterocycles. The molecule has 0 bridgehead atoms. The van der Waals surface area contributed by atoms with Crippen LogP contribution in [0.15, 0.2) is 0 Å². The third-order valence-electron chi connectivity index (χ3n) is 1.09. The summed E-state index contributed by atoms with van der Waals surface area (Å²) in [5.41, 5.74) is 0. The molecule has 0 saturated carbocycles. The van der Waals surface area contributed by atoms with Gasteiger partial charge in [-0.25, -0.2) is 0 Å². The van der Waals surface area contributed by atoms with E-state index >= 15 is 0 Å². The lowest BCUT2D eigenvalue weighted by atomic mass is 10.2. The van der Waals surface area contributed by atoms with Gasteiger partial charge in [-0.2, -0.15) is 0 Å². The van der Waals surface area contributed by atoms with Gasteiger partial charge in [0.1, 0.15) is 0 Å². The van der Waals surface area contributed by atoms with Crippen LogP contribution in [0.1, 0.15) is 19.8 Å². The van der Waals surface area contributed by atoms with Crippen molar-refractivity contribution in [3.05, 3.63) is 0 Å². The molecule has 1 N–H and O–H groups in total. The second kappa shape index (κ2) is 5.38. The topological polar surface area (TPSA) is 29.1 Å². The molecule has 1 unspecified atom stereocenters. The van der Waals surface area contributed by atoms with Gasteiger partial charge < -0.3 is 5.32 Å². The van der Waals surface area contributed by atoms with Crippen molar-refractivity contribution in [2.75, 3.05) is 0 Å². The Kier molecular flexibility index (Phi) is 4.69. The molecule has 58 valence electrons. The Morgan fingerprint density at radius 3 is 2.64 bits per heavy atom. The van der Waals surface area contributed by atoms with E-state index in [0.717, 1.165) is 0 Å². The molecule has 0 radical (unpaired) electrons. The van der Waals surface area contributed by atoms with E-state index < -0.39 is 0 Å². The van der Waals surface area contributed by atoms with Gasteiger partial charge in [-0.1, -0.05) is 5.92 Å². The normalized spacial score (nSPS) is 10.8. The minimum atomic E-state index is -0.143. The minimum absolute atomic E-state index is 0.0147. The molecule has 2 nitrogen and oxygen atoms in total. The van der Waals surface area contributed by atoms with Gasteiger partial charge in [0.15, 0.2) is 0 Å². The zero-order valence-corrected chi connectivity index (χ0v) is 6.55. The number of hydrogen-bond donors (Lipinski definition) is 1. The van der Waals surface area contributed by atoms with E-state index in [-0.39, 0.29) is 18.4 Å². The Morgan fingerprint density at radius 2 is 2.18 bits per heavy atom. The van der Waals surface area contributed by atoms with Crippen molar-refractivity contribution in [1.82, 2.24) is 5.32 Å². The van der Waals surface area contributed by atoms with Crippen LogP contribution in [0.25, 0.3) is 0 Å². The number of nitrogens with one attached hydrogen (secondary N) is 1. The van der Waals surface area contributed by atoms with Gasteiger partial charge in [-0.15, -0.1) is 18.8 Å². The van der Waals surface area contributed by atoms with Gasteiger partial charge in [0.05, 0.1) is 6.42 Å². The summed E-state index contributed by atoms with van der Waals surface area (Å²) in [6.07, 6.45) is 10.6. The molecule has 11 heavy (non-hydrogen) atoms. The maximum absolute atomic E-state index is 10.8. The van der Waals surface area contributed by atoms with Crippen molar-refractivity contribution in [1.29, 1.82) is 0 Å². The number of hydrogen-bond acceptors (Lipinski definition) is 1. The highest BCUT2D eigenvalue weighted by Crippen LogP contribution is 1.88. The van der Waals surface area contributed by atoms with Gasteiger partial charge in [0.25, 0.3) is 0 Å². The van der Waals surface area contributed by atoms with Crippen LogP contribution in [-0.2, 0) is 4.79 Å². The lowest BCUT2D eigenvalue weighted by molar-refractivity contribution is -0.120. The molecule has 0 aromatic rings. The van der Waals surface area contributed by atoms with Gasteiger partial charge in [-0.3, -0.25) is 4.79 Å². The van der Waals surface area contributed by atoms with E-state index in [1.807, 2.05) is 6.92 Å². The Balaban J connectivity index is 3.61. The predicted molar refractivity (Wildman–Crippen MR) is 44.5 cm³/mol. The fourth-order valence-corrected chi connectivity index (χ4v) is 0.646. The molecular formula is C9H11NO. The van der Waals surface area contributed by atoms with Gasteiger partial charge >= 0.3 is 0 Å². The molecule has 0 saturated heterocycles. The van der Waals surface area contributed by atoms with E-state index in [1.54, 1.807) is 0 Å². The van der Waals surface area contributed by atoms with Crippen LogP contribution < -0.4 is 5.32 Å². The van der Waals surface area contributed by atoms with E-state index in [1.165, 1.54) is 0 Å². The van der Waals surface area contributed by atoms with Gasteiger partial charge in [0, 0.05) is 12.5 Å². The van der Waals surface area contributed by atoms with Crippen molar-refractivity contribution < 1.29 is 4.79 Å². The average Bonchev–Trinajstić information content (AvgIpc) is 1.87. The number of terminal acetylenes is 2. The second-order valence-electron chi connectivity index (χ2n) is 2.26. The third-order valence-corrected chi connectivity index (χ3v) is 1.09. The monoisotopic (exact) mass is 149 g/mol. The summed E-state index contributed by atoms with van der Waals surface area (Å²) in [6.45, 7) is 1.84. The summed E-state index contributed by atoms with van der Waals surface area (Å²) >= 11 is 0. The molecule has 1 amide bonds. The number of carbonyl (C=O) groups is 1. The molecule has 0 aromatic heterocycles. The first-order valence-electron chi connectivity index (χ1n) is 3.37. The van der Waals surface area contributed by atoms with Crippen molar-refractivity contribution in [2.24, 2.45) is 0 Å². The van der Waals surface area contributed by atoms with Crippen LogP contribution in [0.3, 0.4) is 0 Å². The van der Waals surface area contributed by atoms with E-state index in [2.05, 4.69) is 17.2 Å². The summed E-state index contributed by atoms with van der Waals surface area (Å²) in [5, 5.41) is 2.66. The second-order valence-corrected chi connectivity index (χ2v) is 2.26. The molecule has 0 aromatic carbocycles. The Bertz CT molecular complexity index is 207. The maximum atomic E-state index is 10.8. The van der Waals surface area contributed by atoms with Crippen LogP contribution >= 0.6 is 0 Å². The zero-order valence-electron chi connectivity index (χ0n) is 6.55. The average molecular weight is 149 g/mol. The lowest BCUT2D eigenvalue weighted by Crippen LogP contribution is -2.31. The van der Waals surface area contributed by atoms with Crippen molar-refractivity contribution in [3.63, 3.8) is 0 Å². The quantitative estimate of drug-likeness (QED) is 0.583. The summed E-state index contributed by atoms with van der Waals surface area (Å²) in [5.74, 6) is 4.56. The molecule has 0 fully saturated rings. The molecular weight excluding hydrogens is 138 g/mol. The predicted octanol–water partition coefficient (Wildman–Crippen LogP) is 0.538. The van der Waals surface area contributed by atoms with Crippen LogP contribution in [-0.4, -0.2) is 11.9 Å². The molecule has 0 aliphatic carbocycles. The minimum Gasteiger partial charge on any atom is -0.352 e. The highest BCUT2D eigenvalue weighted by molar-refractivity contribution is 5.78. The summed E-state index contributed by atoms with van der Waals surface area (Å²) in [6, 6.07) is 0.0147. The Morgan fingerprint density at radius 1 is 1.55 bits per heavy atom. The first kappa shape index (κ1) is 9.59. The lowest BCUT2D eigenvalue weighted by Gasteiger charge is -2.08. The third kappa shape index (κ3) is 5.06. The van der Waals surface area contributed by atoms with Crippen molar-refractivity contribution >= 4 is 5.91 Å². The van der Waals surface area contributed by atoms with Crippen LogP contribution in [0.2, 0.25) is 0 Å². The molecule has 0 heterocycles. The van der Waals surface area contributed by atoms with E-state index in [9.17, 15) is 4.79 Å². The summed E-state index contributed by atoms with van der Waals surface area (Å²) in [7, 11) is 0. The fourth-order valence-electron chi connectivity index (χ4n) is 0.646. The first-order chi connectivity index (χ1) is 5.20. The summed E-state index contributed by atoms with van der Waals surface area (Å²) < 4.78 is 0. The molecule has 0 rings (SSSR count). The number of carbonyl (C=O) groups excluding carboxylic acids is 1. The van der Waals surface area contributed by atoms with Crippen molar-refractivity contribution in [2.45, 2.75) is 25.8 Å². The van der Waals surface area contributed by atoms with Gasteiger partial charge in [0.2, 0.25) is 5.91 Å². The number of amides is 1. The Labute approximate surface area is 67.4 Å². The Hall–Kier alpha value is -1.41. The molecule has 0 spiro atoms. The molecule has 2 heteroatoms. The number of rotatable bonds is 3. The standard InChI is InChI=1S/C9H11NO/c1-4-6-8(3)10-9(11)7-5-2/h1-2,8H,6-7H2,3H3,(H,10,11). The molecule has 0 aliphatic rings. The highest BCUT2D eigenvalue weighted by Gasteiger charge is 2.02. The van der Waals surface area contributed by atoms with Crippen molar-refractivity contribution in [3.8, 4) is 24.7 Å². The van der Waals surface area contributed by atoms with Gasteiger partial charge in [-0.05, 0) is 6.92 Å². The van der Waals surface area contributed by atoms with E-state index in [4.69, 9.17) is 12.8 Å². The smallest absolute Gasteiger partial charge is 0.232 e. The van der Waals surface area contributed by atoms with Crippen LogP contribution in [0.5, 0.6) is 0 Å². The SMILES string of the molecule is C#CCC(=O)NC(C)CC#C.